The highest BCUT2D eigenvalue weighted by Crippen LogP contribution is 2.55. The summed E-state index contributed by atoms with van der Waals surface area (Å²) in [6.07, 6.45) is 0. The average molecular weight is 604 g/mol. The maximum atomic E-state index is 6.36. The SMILES string of the molecule is CC1(C)c2ccccc2-c2cccc(N(c3cccc(-c4ccccc4)c3)c3ccccc3-c3cccc4oc5ccccc5c34)c21. The molecule has 0 bridgehead atoms. The number of furan rings is 1. The molecule has 1 aliphatic rings. The molecule has 1 heterocycles. The van der Waals surface area contributed by atoms with E-state index in [2.05, 4.69) is 176 Å². The van der Waals surface area contributed by atoms with E-state index in [4.69, 9.17) is 4.42 Å². The van der Waals surface area contributed by atoms with Gasteiger partial charge in [0, 0.05) is 27.4 Å². The molecule has 47 heavy (non-hydrogen) atoms. The van der Waals surface area contributed by atoms with Crippen LogP contribution in [0, 0.1) is 0 Å². The van der Waals surface area contributed by atoms with Crippen LogP contribution in [-0.2, 0) is 5.41 Å². The molecule has 0 N–H and O–H groups in total. The van der Waals surface area contributed by atoms with Crippen molar-refractivity contribution in [3.8, 4) is 33.4 Å². The zero-order valence-electron chi connectivity index (χ0n) is 26.4. The largest absolute Gasteiger partial charge is 0.456 e. The molecular weight excluding hydrogens is 571 g/mol. The molecule has 224 valence electrons. The number of hydrogen-bond donors (Lipinski definition) is 0. The summed E-state index contributed by atoms with van der Waals surface area (Å²) in [7, 11) is 0. The van der Waals surface area contributed by atoms with Gasteiger partial charge in [-0.15, -0.1) is 0 Å². The van der Waals surface area contributed by atoms with Crippen molar-refractivity contribution in [1.29, 1.82) is 0 Å². The number of anilines is 3. The molecule has 0 aliphatic heterocycles. The van der Waals surface area contributed by atoms with E-state index in [0.29, 0.717) is 0 Å². The molecule has 2 nitrogen and oxygen atoms in total. The predicted molar refractivity (Wildman–Crippen MR) is 197 cm³/mol. The quantitative estimate of drug-likeness (QED) is 0.195. The predicted octanol–water partition coefficient (Wildman–Crippen LogP) is 12.7. The highest BCUT2D eigenvalue weighted by Gasteiger charge is 2.39. The van der Waals surface area contributed by atoms with Gasteiger partial charge in [0.25, 0.3) is 0 Å². The summed E-state index contributed by atoms with van der Waals surface area (Å²) in [5.74, 6) is 0. The third-order valence-corrected chi connectivity index (χ3v) is 9.85. The number of nitrogens with zero attached hydrogens (tertiary/aromatic N) is 1. The van der Waals surface area contributed by atoms with Crippen molar-refractivity contribution in [3.05, 3.63) is 175 Å². The van der Waals surface area contributed by atoms with Crippen LogP contribution in [0.4, 0.5) is 17.1 Å². The van der Waals surface area contributed by atoms with Crippen molar-refractivity contribution in [2.75, 3.05) is 4.90 Å². The fourth-order valence-electron chi connectivity index (χ4n) is 7.76. The van der Waals surface area contributed by atoms with Crippen molar-refractivity contribution in [1.82, 2.24) is 0 Å². The van der Waals surface area contributed by atoms with E-state index in [1.54, 1.807) is 0 Å². The van der Waals surface area contributed by atoms with Crippen LogP contribution in [0.15, 0.2) is 168 Å². The maximum Gasteiger partial charge on any atom is 0.136 e. The Kier molecular flexibility index (Phi) is 6.20. The second-order valence-corrected chi connectivity index (χ2v) is 12.9. The summed E-state index contributed by atoms with van der Waals surface area (Å²) in [6, 6.07) is 58.9. The van der Waals surface area contributed by atoms with E-state index in [1.165, 1.54) is 39.1 Å². The van der Waals surface area contributed by atoms with Gasteiger partial charge in [-0.2, -0.15) is 0 Å². The van der Waals surface area contributed by atoms with Gasteiger partial charge in [0.2, 0.25) is 0 Å². The Morgan fingerprint density at radius 2 is 1.09 bits per heavy atom. The van der Waals surface area contributed by atoms with Crippen LogP contribution in [0.5, 0.6) is 0 Å². The molecule has 8 aromatic rings. The molecule has 9 rings (SSSR count). The smallest absolute Gasteiger partial charge is 0.136 e. The third kappa shape index (κ3) is 4.26. The second-order valence-electron chi connectivity index (χ2n) is 12.9. The number of rotatable bonds is 5. The van der Waals surface area contributed by atoms with Crippen LogP contribution in [0.2, 0.25) is 0 Å². The van der Waals surface area contributed by atoms with E-state index >= 15 is 0 Å². The van der Waals surface area contributed by atoms with Crippen LogP contribution in [-0.4, -0.2) is 0 Å². The summed E-state index contributed by atoms with van der Waals surface area (Å²) in [4.78, 5) is 2.48. The topological polar surface area (TPSA) is 16.4 Å². The molecular formula is C45H33NO. The zero-order valence-corrected chi connectivity index (χ0v) is 26.4. The molecule has 2 heteroatoms. The monoisotopic (exact) mass is 603 g/mol. The summed E-state index contributed by atoms with van der Waals surface area (Å²) < 4.78 is 6.36. The molecule has 1 aromatic heterocycles. The Balaban J connectivity index is 1.34. The minimum absolute atomic E-state index is 0.187. The number of benzene rings is 7. The van der Waals surface area contributed by atoms with E-state index in [0.717, 1.165) is 44.4 Å². The molecule has 0 atom stereocenters. The summed E-state index contributed by atoms with van der Waals surface area (Å²) in [6.45, 7) is 4.73. The van der Waals surface area contributed by atoms with Crippen LogP contribution in [0.1, 0.15) is 25.0 Å². The first-order valence-corrected chi connectivity index (χ1v) is 16.3. The first-order valence-electron chi connectivity index (χ1n) is 16.3. The van der Waals surface area contributed by atoms with Crippen molar-refractivity contribution in [2.45, 2.75) is 19.3 Å². The van der Waals surface area contributed by atoms with Crippen molar-refractivity contribution >= 4 is 39.0 Å². The van der Waals surface area contributed by atoms with Crippen molar-refractivity contribution in [3.63, 3.8) is 0 Å². The molecule has 0 saturated heterocycles. The minimum atomic E-state index is -0.187. The molecule has 7 aromatic carbocycles. The molecule has 0 saturated carbocycles. The van der Waals surface area contributed by atoms with Gasteiger partial charge in [0.05, 0.1) is 11.4 Å². The summed E-state index contributed by atoms with van der Waals surface area (Å²) in [5.41, 5.74) is 15.0. The van der Waals surface area contributed by atoms with Crippen molar-refractivity contribution < 1.29 is 4.42 Å². The van der Waals surface area contributed by atoms with Gasteiger partial charge in [-0.1, -0.05) is 141 Å². The fourth-order valence-corrected chi connectivity index (χ4v) is 7.76. The van der Waals surface area contributed by atoms with E-state index in [9.17, 15) is 0 Å². The lowest BCUT2D eigenvalue weighted by atomic mass is 9.81. The summed E-state index contributed by atoms with van der Waals surface area (Å²) >= 11 is 0. The lowest BCUT2D eigenvalue weighted by Crippen LogP contribution is -2.21. The van der Waals surface area contributed by atoms with Gasteiger partial charge in [-0.3, -0.25) is 0 Å². The fraction of sp³-hybridized carbons (Fsp3) is 0.0667. The van der Waals surface area contributed by atoms with E-state index in [1.807, 2.05) is 6.07 Å². The van der Waals surface area contributed by atoms with Gasteiger partial charge in [-0.25, -0.2) is 0 Å². The Morgan fingerprint density at radius 1 is 0.468 bits per heavy atom. The van der Waals surface area contributed by atoms with Crippen LogP contribution < -0.4 is 4.90 Å². The van der Waals surface area contributed by atoms with Gasteiger partial charge in [0.1, 0.15) is 11.2 Å². The second kappa shape index (κ2) is 10.6. The first kappa shape index (κ1) is 27.5. The maximum absolute atomic E-state index is 6.36. The molecule has 0 unspecified atom stereocenters. The van der Waals surface area contributed by atoms with Crippen LogP contribution in [0.3, 0.4) is 0 Å². The average Bonchev–Trinajstić information content (AvgIpc) is 3.62. The molecule has 0 fully saturated rings. The first-order chi connectivity index (χ1) is 23.1. The Bertz CT molecular complexity index is 2450. The summed E-state index contributed by atoms with van der Waals surface area (Å²) in [5, 5.41) is 2.27. The molecule has 1 aliphatic carbocycles. The lowest BCUT2D eigenvalue weighted by molar-refractivity contribution is 0.661. The van der Waals surface area contributed by atoms with Gasteiger partial charge >= 0.3 is 0 Å². The minimum Gasteiger partial charge on any atom is -0.456 e. The van der Waals surface area contributed by atoms with Crippen LogP contribution in [0.25, 0.3) is 55.3 Å². The number of fused-ring (bicyclic) bond motifs is 6. The van der Waals surface area contributed by atoms with Crippen molar-refractivity contribution in [2.24, 2.45) is 0 Å². The standard InChI is InChI=1S/C45H33NO/c1-45(2)38-24-9-6-19-33(38)36-23-13-26-40(44(36)45)46(32-18-12-17-31(29-32)30-15-4-3-5-16-30)39-25-10-7-20-34(39)35-22-14-28-42-43(35)37-21-8-11-27-41(37)47-42/h3-29H,1-2H3. The number of para-hydroxylation sites is 2. The highest BCUT2D eigenvalue weighted by atomic mass is 16.3. The Hall–Kier alpha value is -5.86. The van der Waals surface area contributed by atoms with E-state index < -0.39 is 0 Å². The van der Waals surface area contributed by atoms with E-state index in [-0.39, 0.29) is 5.41 Å². The van der Waals surface area contributed by atoms with Gasteiger partial charge < -0.3 is 9.32 Å². The van der Waals surface area contributed by atoms with Gasteiger partial charge in [0.15, 0.2) is 0 Å². The lowest BCUT2D eigenvalue weighted by Gasteiger charge is -2.33. The highest BCUT2D eigenvalue weighted by molar-refractivity contribution is 6.14. The molecule has 0 spiro atoms. The normalized spacial score (nSPS) is 13.1. The van der Waals surface area contributed by atoms with Gasteiger partial charge in [-0.05, 0) is 75.3 Å². The third-order valence-electron chi connectivity index (χ3n) is 9.85. The zero-order chi connectivity index (χ0) is 31.5. The van der Waals surface area contributed by atoms with Crippen LogP contribution >= 0.6 is 0 Å². The Morgan fingerprint density at radius 3 is 1.98 bits per heavy atom. The molecule has 0 amide bonds. The molecule has 0 radical (unpaired) electrons. The number of hydrogen-bond acceptors (Lipinski definition) is 2. The Labute approximate surface area is 275 Å².